The first-order valence-electron chi connectivity index (χ1n) is 9.63. The number of rotatable bonds is 3. The second-order valence-corrected chi connectivity index (χ2v) is 7.31. The Labute approximate surface area is 165 Å². The van der Waals surface area contributed by atoms with Gasteiger partial charge in [-0.2, -0.15) is 0 Å². The summed E-state index contributed by atoms with van der Waals surface area (Å²) in [5, 5.41) is 0. The summed E-state index contributed by atoms with van der Waals surface area (Å²) in [7, 11) is 1.66. The SMILES string of the molecule is COc1ccc(CN2C(=O)c3ccccc3N3CCc4ccccc4C23)cc1. The van der Waals surface area contributed by atoms with Gasteiger partial charge in [0.15, 0.2) is 0 Å². The number of para-hydroxylation sites is 1. The summed E-state index contributed by atoms with van der Waals surface area (Å²) in [5.74, 6) is 0.910. The molecule has 28 heavy (non-hydrogen) atoms. The van der Waals surface area contributed by atoms with Crippen molar-refractivity contribution in [3.63, 3.8) is 0 Å². The maximum atomic E-state index is 13.5. The van der Waals surface area contributed by atoms with Crippen molar-refractivity contribution in [1.82, 2.24) is 4.90 Å². The summed E-state index contributed by atoms with van der Waals surface area (Å²) in [6.45, 7) is 1.47. The van der Waals surface area contributed by atoms with E-state index in [-0.39, 0.29) is 12.1 Å². The maximum Gasteiger partial charge on any atom is 0.258 e. The molecule has 1 atom stereocenters. The molecule has 140 valence electrons. The monoisotopic (exact) mass is 370 g/mol. The molecule has 0 saturated carbocycles. The molecule has 2 aliphatic rings. The number of ether oxygens (including phenoxy) is 1. The largest absolute Gasteiger partial charge is 0.497 e. The molecular weight excluding hydrogens is 348 g/mol. The van der Waals surface area contributed by atoms with E-state index in [1.54, 1.807) is 7.11 Å². The molecule has 0 aliphatic carbocycles. The Kier molecular flexibility index (Phi) is 4.05. The van der Waals surface area contributed by atoms with Gasteiger partial charge in [-0.15, -0.1) is 0 Å². The van der Waals surface area contributed by atoms with Gasteiger partial charge in [-0.1, -0.05) is 48.5 Å². The summed E-state index contributed by atoms with van der Waals surface area (Å²) < 4.78 is 5.27. The van der Waals surface area contributed by atoms with Crippen molar-refractivity contribution in [3.05, 3.63) is 95.1 Å². The van der Waals surface area contributed by atoms with E-state index in [2.05, 4.69) is 35.2 Å². The quantitative estimate of drug-likeness (QED) is 0.685. The minimum absolute atomic E-state index is 0.0746. The Morgan fingerprint density at radius 3 is 2.54 bits per heavy atom. The summed E-state index contributed by atoms with van der Waals surface area (Å²) in [4.78, 5) is 17.9. The highest BCUT2D eigenvalue weighted by Crippen LogP contribution is 2.42. The van der Waals surface area contributed by atoms with Crippen LogP contribution in [-0.4, -0.2) is 24.5 Å². The van der Waals surface area contributed by atoms with Crippen molar-refractivity contribution in [1.29, 1.82) is 0 Å². The molecule has 1 amide bonds. The molecule has 4 nitrogen and oxygen atoms in total. The molecule has 1 unspecified atom stereocenters. The fraction of sp³-hybridized carbons (Fsp3) is 0.208. The number of benzene rings is 3. The second kappa shape index (κ2) is 6.71. The zero-order valence-electron chi connectivity index (χ0n) is 15.8. The average Bonchev–Trinajstić information content (AvgIpc) is 2.76. The molecule has 0 radical (unpaired) electrons. The van der Waals surface area contributed by atoms with Gasteiger partial charge in [0, 0.05) is 13.1 Å². The van der Waals surface area contributed by atoms with Crippen molar-refractivity contribution < 1.29 is 9.53 Å². The van der Waals surface area contributed by atoms with E-state index in [9.17, 15) is 4.79 Å². The molecule has 0 fully saturated rings. The van der Waals surface area contributed by atoms with Gasteiger partial charge in [0.1, 0.15) is 11.9 Å². The van der Waals surface area contributed by atoms with E-state index >= 15 is 0 Å². The van der Waals surface area contributed by atoms with Crippen LogP contribution in [0.2, 0.25) is 0 Å². The van der Waals surface area contributed by atoms with E-state index < -0.39 is 0 Å². The molecule has 0 bridgehead atoms. The number of nitrogens with zero attached hydrogens (tertiary/aromatic N) is 2. The summed E-state index contributed by atoms with van der Waals surface area (Å²) in [6, 6.07) is 24.4. The third-order valence-electron chi connectivity index (χ3n) is 5.76. The van der Waals surface area contributed by atoms with Gasteiger partial charge in [-0.25, -0.2) is 0 Å². The molecule has 3 aromatic carbocycles. The van der Waals surface area contributed by atoms with Crippen molar-refractivity contribution in [2.24, 2.45) is 0 Å². The first kappa shape index (κ1) is 16.9. The Morgan fingerprint density at radius 2 is 1.71 bits per heavy atom. The third-order valence-corrected chi connectivity index (χ3v) is 5.76. The maximum absolute atomic E-state index is 13.5. The van der Waals surface area contributed by atoms with Crippen LogP contribution in [0.4, 0.5) is 5.69 Å². The third kappa shape index (κ3) is 2.64. The summed E-state index contributed by atoms with van der Waals surface area (Å²) in [5.41, 5.74) is 5.47. The summed E-state index contributed by atoms with van der Waals surface area (Å²) >= 11 is 0. The first-order valence-corrected chi connectivity index (χ1v) is 9.63. The van der Waals surface area contributed by atoms with Gasteiger partial charge in [-0.3, -0.25) is 4.79 Å². The van der Waals surface area contributed by atoms with E-state index in [0.29, 0.717) is 6.54 Å². The number of hydrogen-bond donors (Lipinski definition) is 0. The van der Waals surface area contributed by atoms with Crippen LogP contribution in [0.3, 0.4) is 0 Å². The van der Waals surface area contributed by atoms with Crippen LogP contribution in [0.15, 0.2) is 72.8 Å². The number of carbonyl (C=O) groups is 1. The average molecular weight is 370 g/mol. The highest BCUT2D eigenvalue weighted by molar-refractivity contribution is 6.02. The van der Waals surface area contributed by atoms with Crippen molar-refractivity contribution in [2.45, 2.75) is 19.1 Å². The molecule has 0 N–H and O–H groups in total. The smallest absolute Gasteiger partial charge is 0.258 e. The second-order valence-electron chi connectivity index (χ2n) is 7.31. The fourth-order valence-electron chi connectivity index (χ4n) is 4.39. The molecular formula is C24H22N2O2. The Bertz CT molecular complexity index is 1030. The predicted octanol–water partition coefficient (Wildman–Crippen LogP) is 4.41. The van der Waals surface area contributed by atoms with E-state index in [0.717, 1.165) is 35.5 Å². The van der Waals surface area contributed by atoms with Gasteiger partial charge < -0.3 is 14.5 Å². The molecule has 0 spiro atoms. The van der Waals surface area contributed by atoms with Gasteiger partial charge in [-0.05, 0) is 47.4 Å². The van der Waals surface area contributed by atoms with Gasteiger partial charge in [0.2, 0.25) is 0 Å². The lowest BCUT2D eigenvalue weighted by atomic mass is 9.91. The predicted molar refractivity (Wildman–Crippen MR) is 110 cm³/mol. The lowest BCUT2D eigenvalue weighted by molar-refractivity contribution is 0.0622. The lowest BCUT2D eigenvalue weighted by Crippen LogP contribution is -2.51. The molecule has 0 aromatic heterocycles. The van der Waals surface area contributed by atoms with Crippen LogP contribution in [0.25, 0.3) is 0 Å². The Morgan fingerprint density at radius 1 is 0.964 bits per heavy atom. The van der Waals surface area contributed by atoms with E-state index in [1.807, 2.05) is 47.4 Å². The lowest BCUT2D eigenvalue weighted by Gasteiger charge is -2.48. The number of methoxy groups -OCH3 is 1. The first-order chi connectivity index (χ1) is 13.8. The van der Waals surface area contributed by atoms with Crippen LogP contribution in [0.5, 0.6) is 5.75 Å². The van der Waals surface area contributed by atoms with Crippen LogP contribution < -0.4 is 9.64 Å². The highest BCUT2D eigenvalue weighted by Gasteiger charge is 2.40. The van der Waals surface area contributed by atoms with Crippen LogP contribution in [-0.2, 0) is 13.0 Å². The number of hydrogen-bond acceptors (Lipinski definition) is 3. The number of carbonyl (C=O) groups excluding carboxylic acids is 1. The van der Waals surface area contributed by atoms with Crippen LogP contribution >= 0.6 is 0 Å². The van der Waals surface area contributed by atoms with Crippen LogP contribution in [0, 0.1) is 0 Å². The van der Waals surface area contributed by atoms with Gasteiger partial charge in [0.05, 0.1) is 18.4 Å². The normalized spacial score (nSPS) is 17.6. The topological polar surface area (TPSA) is 32.8 Å². The Balaban J connectivity index is 1.61. The van der Waals surface area contributed by atoms with E-state index in [1.165, 1.54) is 11.1 Å². The van der Waals surface area contributed by atoms with Crippen LogP contribution in [0.1, 0.15) is 33.2 Å². The van der Waals surface area contributed by atoms with Gasteiger partial charge >= 0.3 is 0 Å². The fourth-order valence-corrected chi connectivity index (χ4v) is 4.39. The number of amides is 1. The molecule has 2 aliphatic heterocycles. The summed E-state index contributed by atoms with van der Waals surface area (Å²) in [6.07, 6.45) is 0.917. The zero-order valence-corrected chi connectivity index (χ0v) is 15.8. The molecule has 5 rings (SSSR count). The van der Waals surface area contributed by atoms with Crippen molar-refractivity contribution in [3.8, 4) is 5.75 Å². The minimum Gasteiger partial charge on any atom is -0.497 e. The zero-order chi connectivity index (χ0) is 19.1. The highest BCUT2D eigenvalue weighted by atomic mass is 16.5. The minimum atomic E-state index is -0.0746. The Hall–Kier alpha value is -3.27. The van der Waals surface area contributed by atoms with Crippen molar-refractivity contribution in [2.75, 3.05) is 18.6 Å². The van der Waals surface area contributed by atoms with Crippen molar-refractivity contribution >= 4 is 11.6 Å². The molecule has 0 saturated heterocycles. The standard InChI is InChI=1S/C24H22N2O2/c1-28-19-12-10-17(11-13-19)16-26-23-20-7-3-2-6-18(20)14-15-25(23)22-9-5-4-8-21(22)24(26)27/h2-13,23H,14-16H2,1H3. The van der Waals surface area contributed by atoms with Gasteiger partial charge in [0.25, 0.3) is 5.91 Å². The molecule has 4 heteroatoms. The molecule has 2 heterocycles. The number of fused-ring (bicyclic) bond motifs is 5. The molecule has 3 aromatic rings. The van der Waals surface area contributed by atoms with E-state index in [4.69, 9.17) is 4.74 Å². The number of anilines is 1.